The maximum Gasteiger partial charge on any atom is 0.261 e. The standard InChI is InChI=1S/C17H17N3OS/c1-10-4-3-5-13(8-10)20-17-14(11(2)19-20)9-15(22-17)16(21)18-12-6-7-12/h3-5,8-9,12H,6-7H2,1-2H3,(H,18,21). The molecule has 0 bridgehead atoms. The Morgan fingerprint density at radius 3 is 2.86 bits per heavy atom. The molecule has 5 heteroatoms. The van der Waals surface area contributed by atoms with Crippen molar-refractivity contribution in [3.8, 4) is 5.69 Å². The highest BCUT2D eigenvalue weighted by molar-refractivity contribution is 7.20. The fraction of sp³-hybridized carbons (Fsp3) is 0.294. The molecule has 1 aliphatic carbocycles. The molecule has 1 fully saturated rings. The molecule has 1 saturated carbocycles. The molecule has 1 amide bonds. The fourth-order valence-corrected chi connectivity index (χ4v) is 3.66. The lowest BCUT2D eigenvalue weighted by Gasteiger charge is -2.03. The fourth-order valence-electron chi connectivity index (χ4n) is 2.58. The summed E-state index contributed by atoms with van der Waals surface area (Å²) >= 11 is 1.51. The van der Waals surface area contributed by atoms with Crippen molar-refractivity contribution in [3.63, 3.8) is 0 Å². The van der Waals surface area contributed by atoms with E-state index >= 15 is 0 Å². The third-order valence-corrected chi connectivity index (χ3v) is 5.04. The first-order valence-corrected chi connectivity index (χ1v) is 8.30. The van der Waals surface area contributed by atoms with E-state index in [1.807, 2.05) is 29.8 Å². The number of carbonyl (C=O) groups excluding carboxylic acids is 1. The minimum absolute atomic E-state index is 0.0406. The quantitative estimate of drug-likeness (QED) is 0.803. The van der Waals surface area contributed by atoms with Crippen LogP contribution in [0.25, 0.3) is 15.9 Å². The van der Waals surface area contributed by atoms with Crippen LogP contribution in [0.3, 0.4) is 0 Å². The number of nitrogens with one attached hydrogen (secondary N) is 1. The van der Waals surface area contributed by atoms with Crippen LogP contribution in [0.2, 0.25) is 0 Å². The van der Waals surface area contributed by atoms with Crippen LogP contribution in [0.15, 0.2) is 30.3 Å². The van der Waals surface area contributed by atoms with Gasteiger partial charge in [-0.1, -0.05) is 12.1 Å². The number of aryl methyl sites for hydroxylation is 2. The second-order valence-electron chi connectivity index (χ2n) is 5.91. The second-order valence-corrected chi connectivity index (χ2v) is 6.94. The van der Waals surface area contributed by atoms with E-state index in [0.717, 1.165) is 39.3 Å². The Bertz CT molecular complexity index is 873. The van der Waals surface area contributed by atoms with E-state index in [9.17, 15) is 4.79 Å². The second kappa shape index (κ2) is 4.95. The van der Waals surface area contributed by atoms with Crippen molar-refractivity contribution in [1.82, 2.24) is 15.1 Å². The van der Waals surface area contributed by atoms with Gasteiger partial charge in [0.05, 0.1) is 16.3 Å². The predicted octanol–water partition coefficient (Wildman–Crippen LogP) is 3.60. The number of fused-ring (bicyclic) bond motifs is 1. The summed E-state index contributed by atoms with van der Waals surface area (Å²) in [4.78, 5) is 14.0. The normalized spacial score (nSPS) is 14.5. The number of aromatic nitrogens is 2. The van der Waals surface area contributed by atoms with Crippen molar-refractivity contribution in [2.45, 2.75) is 32.7 Å². The van der Waals surface area contributed by atoms with Crippen LogP contribution in [-0.2, 0) is 0 Å². The van der Waals surface area contributed by atoms with Crippen molar-refractivity contribution in [2.24, 2.45) is 0 Å². The SMILES string of the molecule is Cc1cccc(-n2nc(C)c3cc(C(=O)NC4CC4)sc32)c1. The van der Waals surface area contributed by atoms with Gasteiger partial charge in [-0.25, -0.2) is 4.68 Å². The van der Waals surface area contributed by atoms with Crippen molar-refractivity contribution >= 4 is 27.5 Å². The van der Waals surface area contributed by atoms with Gasteiger partial charge in [-0.3, -0.25) is 4.79 Å². The number of thiophene rings is 1. The summed E-state index contributed by atoms with van der Waals surface area (Å²) in [6, 6.07) is 10.6. The Labute approximate surface area is 132 Å². The number of hydrogen-bond donors (Lipinski definition) is 1. The van der Waals surface area contributed by atoms with Crippen molar-refractivity contribution in [2.75, 3.05) is 0 Å². The van der Waals surface area contributed by atoms with E-state index in [-0.39, 0.29) is 5.91 Å². The molecule has 112 valence electrons. The summed E-state index contributed by atoms with van der Waals surface area (Å²) < 4.78 is 1.94. The van der Waals surface area contributed by atoms with Crippen molar-refractivity contribution < 1.29 is 4.79 Å². The highest BCUT2D eigenvalue weighted by Gasteiger charge is 2.25. The number of benzene rings is 1. The van der Waals surface area contributed by atoms with Gasteiger partial charge in [0.1, 0.15) is 4.83 Å². The zero-order valence-electron chi connectivity index (χ0n) is 12.6. The van der Waals surface area contributed by atoms with Crippen molar-refractivity contribution in [3.05, 3.63) is 46.5 Å². The lowest BCUT2D eigenvalue weighted by atomic mass is 10.2. The van der Waals surface area contributed by atoms with Crippen LogP contribution < -0.4 is 5.32 Å². The first-order valence-electron chi connectivity index (χ1n) is 7.49. The van der Waals surface area contributed by atoms with Crippen molar-refractivity contribution in [1.29, 1.82) is 0 Å². The van der Waals surface area contributed by atoms with Gasteiger partial charge in [0.25, 0.3) is 5.91 Å². The molecule has 4 nitrogen and oxygen atoms in total. The average molecular weight is 311 g/mol. The van der Waals surface area contributed by atoms with Gasteiger partial charge < -0.3 is 5.32 Å². The number of amides is 1. The first-order chi connectivity index (χ1) is 10.6. The molecule has 2 aromatic heterocycles. The van der Waals surface area contributed by atoms with E-state index < -0.39 is 0 Å². The average Bonchev–Trinajstić information content (AvgIpc) is 3.10. The Morgan fingerprint density at radius 2 is 2.14 bits per heavy atom. The summed E-state index contributed by atoms with van der Waals surface area (Å²) in [5.41, 5.74) is 3.19. The van der Waals surface area contributed by atoms with E-state index in [0.29, 0.717) is 6.04 Å². The highest BCUT2D eigenvalue weighted by atomic mass is 32.1. The highest BCUT2D eigenvalue weighted by Crippen LogP contribution is 2.31. The van der Waals surface area contributed by atoms with Gasteiger partial charge in [0.2, 0.25) is 0 Å². The van der Waals surface area contributed by atoms with Crippen LogP contribution in [0.5, 0.6) is 0 Å². The topological polar surface area (TPSA) is 46.9 Å². The maximum atomic E-state index is 12.2. The molecule has 4 rings (SSSR count). The predicted molar refractivity (Wildman–Crippen MR) is 88.9 cm³/mol. The largest absolute Gasteiger partial charge is 0.349 e. The molecule has 0 atom stereocenters. The lowest BCUT2D eigenvalue weighted by molar-refractivity contribution is 0.0955. The minimum Gasteiger partial charge on any atom is -0.349 e. The number of rotatable bonds is 3. The zero-order valence-corrected chi connectivity index (χ0v) is 13.4. The molecule has 22 heavy (non-hydrogen) atoms. The van der Waals surface area contributed by atoms with Crippen LogP contribution in [0, 0.1) is 13.8 Å². The van der Waals surface area contributed by atoms with E-state index in [1.54, 1.807) is 0 Å². The summed E-state index contributed by atoms with van der Waals surface area (Å²) in [6.45, 7) is 4.06. The summed E-state index contributed by atoms with van der Waals surface area (Å²) in [7, 11) is 0. The Morgan fingerprint density at radius 1 is 1.32 bits per heavy atom. The van der Waals surface area contributed by atoms with Crippen LogP contribution in [0.4, 0.5) is 0 Å². The zero-order chi connectivity index (χ0) is 15.3. The van der Waals surface area contributed by atoms with E-state index in [4.69, 9.17) is 0 Å². The van der Waals surface area contributed by atoms with Gasteiger partial charge in [0, 0.05) is 11.4 Å². The van der Waals surface area contributed by atoms with Crippen LogP contribution >= 0.6 is 11.3 Å². The number of carbonyl (C=O) groups is 1. The molecule has 2 heterocycles. The third-order valence-electron chi connectivity index (χ3n) is 3.93. The molecule has 3 aromatic rings. The maximum absolute atomic E-state index is 12.2. The molecule has 0 aliphatic heterocycles. The Balaban J connectivity index is 1.79. The molecular weight excluding hydrogens is 294 g/mol. The molecule has 1 aliphatic rings. The molecule has 0 radical (unpaired) electrons. The smallest absolute Gasteiger partial charge is 0.261 e. The first kappa shape index (κ1) is 13.5. The summed E-state index contributed by atoms with van der Waals surface area (Å²) in [5.74, 6) is 0.0406. The molecule has 1 N–H and O–H groups in total. The number of hydrogen-bond acceptors (Lipinski definition) is 3. The molecular formula is C17H17N3OS. The lowest BCUT2D eigenvalue weighted by Crippen LogP contribution is -2.24. The van der Waals surface area contributed by atoms with E-state index in [2.05, 4.69) is 29.5 Å². The summed E-state index contributed by atoms with van der Waals surface area (Å²) in [6.07, 6.45) is 2.21. The monoisotopic (exact) mass is 311 g/mol. The number of nitrogens with zero attached hydrogens (tertiary/aromatic N) is 2. The van der Waals surface area contributed by atoms with Gasteiger partial charge in [0.15, 0.2) is 0 Å². The van der Waals surface area contributed by atoms with Gasteiger partial charge in [-0.05, 0) is 50.5 Å². The minimum atomic E-state index is 0.0406. The Hall–Kier alpha value is -2.14. The molecule has 1 aromatic carbocycles. The summed E-state index contributed by atoms with van der Waals surface area (Å²) in [5, 5.41) is 8.74. The van der Waals surface area contributed by atoms with E-state index in [1.165, 1.54) is 16.9 Å². The molecule has 0 saturated heterocycles. The van der Waals surface area contributed by atoms with Gasteiger partial charge in [-0.15, -0.1) is 11.3 Å². The molecule has 0 unspecified atom stereocenters. The third kappa shape index (κ3) is 2.31. The Kier molecular flexibility index (Phi) is 3.04. The molecule has 0 spiro atoms. The van der Waals surface area contributed by atoms with Gasteiger partial charge in [-0.2, -0.15) is 5.10 Å². The van der Waals surface area contributed by atoms with Crippen LogP contribution in [0.1, 0.15) is 33.8 Å². The van der Waals surface area contributed by atoms with Gasteiger partial charge >= 0.3 is 0 Å². The van der Waals surface area contributed by atoms with Crippen LogP contribution in [-0.4, -0.2) is 21.7 Å².